The number of thiophene rings is 1. The van der Waals surface area contributed by atoms with Crippen LogP contribution in [-0.2, 0) is 17.8 Å². The average molecular weight is 263 g/mol. The molecule has 0 fully saturated rings. The van der Waals surface area contributed by atoms with Gasteiger partial charge in [-0.25, -0.2) is 4.79 Å². The second kappa shape index (κ2) is 6.28. The molecule has 0 aliphatic carbocycles. The molecule has 0 amide bonds. The largest absolute Gasteiger partial charge is 0.477 e. The lowest BCUT2D eigenvalue weighted by Crippen LogP contribution is -2.03. The van der Waals surface area contributed by atoms with Crippen molar-refractivity contribution in [3.63, 3.8) is 0 Å². The van der Waals surface area contributed by atoms with Gasteiger partial charge in [-0.1, -0.05) is 6.07 Å². The Bertz CT molecular complexity index is 510. The first-order valence-corrected chi connectivity index (χ1v) is 6.42. The molecule has 0 saturated heterocycles. The molecule has 18 heavy (non-hydrogen) atoms. The Morgan fingerprint density at radius 2 is 2.28 bits per heavy atom. The van der Waals surface area contributed by atoms with Crippen molar-refractivity contribution < 1.29 is 14.6 Å². The van der Waals surface area contributed by atoms with Crippen molar-refractivity contribution in [2.75, 3.05) is 6.61 Å². The van der Waals surface area contributed by atoms with Gasteiger partial charge in [0.25, 0.3) is 0 Å². The highest BCUT2D eigenvalue weighted by molar-refractivity contribution is 7.12. The van der Waals surface area contributed by atoms with E-state index in [1.165, 1.54) is 11.3 Å². The predicted molar refractivity (Wildman–Crippen MR) is 68.9 cm³/mol. The Hall–Kier alpha value is -1.72. The standard InChI is InChI=1S/C13H13NO3S/c15-13(16)12-10(5-8-18-12)9-17-7-4-11-3-1-2-6-14-11/h1-3,5-6,8H,4,7,9H2,(H,15,16). The molecular weight excluding hydrogens is 250 g/mol. The number of hydrogen-bond acceptors (Lipinski definition) is 4. The Morgan fingerprint density at radius 3 is 3.00 bits per heavy atom. The van der Waals surface area contributed by atoms with Crippen LogP contribution in [-0.4, -0.2) is 22.7 Å². The number of carboxylic acids is 1. The van der Waals surface area contributed by atoms with Crippen molar-refractivity contribution in [1.82, 2.24) is 4.98 Å². The molecule has 0 spiro atoms. The van der Waals surface area contributed by atoms with Crippen LogP contribution in [0, 0.1) is 0 Å². The number of carbonyl (C=O) groups is 1. The van der Waals surface area contributed by atoms with Crippen LogP contribution in [0.15, 0.2) is 35.8 Å². The fourth-order valence-electron chi connectivity index (χ4n) is 1.54. The Morgan fingerprint density at radius 1 is 1.39 bits per heavy atom. The lowest BCUT2D eigenvalue weighted by Gasteiger charge is -2.03. The highest BCUT2D eigenvalue weighted by Gasteiger charge is 2.11. The van der Waals surface area contributed by atoms with Crippen LogP contribution in [0.4, 0.5) is 0 Å². The van der Waals surface area contributed by atoms with Crippen molar-refractivity contribution in [2.24, 2.45) is 0 Å². The smallest absolute Gasteiger partial charge is 0.346 e. The number of aromatic nitrogens is 1. The zero-order valence-corrected chi connectivity index (χ0v) is 10.5. The van der Waals surface area contributed by atoms with E-state index < -0.39 is 5.97 Å². The summed E-state index contributed by atoms with van der Waals surface area (Å²) in [6, 6.07) is 7.53. The molecule has 0 aliphatic rings. The van der Waals surface area contributed by atoms with Gasteiger partial charge in [0.15, 0.2) is 0 Å². The molecule has 0 unspecified atom stereocenters. The van der Waals surface area contributed by atoms with E-state index in [1.807, 2.05) is 18.2 Å². The fourth-order valence-corrected chi connectivity index (χ4v) is 2.29. The van der Waals surface area contributed by atoms with E-state index in [1.54, 1.807) is 17.6 Å². The molecule has 5 heteroatoms. The molecule has 2 heterocycles. The molecule has 2 aromatic heterocycles. The summed E-state index contributed by atoms with van der Waals surface area (Å²) >= 11 is 1.22. The number of pyridine rings is 1. The highest BCUT2D eigenvalue weighted by Crippen LogP contribution is 2.17. The highest BCUT2D eigenvalue weighted by atomic mass is 32.1. The van der Waals surface area contributed by atoms with E-state index >= 15 is 0 Å². The van der Waals surface area contributed by atoms with Crippen LogP contribution < -0.4 is 0 Å². The van der Waals surface area contributed by atoms with Crippen LogP contribution in [0.25, 0.3) is 0 Å². The number of nitrogens with zero attached hydrogens (tertiary/aromatic N) is 1. The minimum absolute atomic E-state index is 0.331. The van der Waals surface area contributed by atoms with E-state index in [-0.39, 0.29) is 0 Å². The molecule has 94 valence electrons. The predicted octanol–water partition coefficient (Wildman–Crippen LogP) is 2.60. The second-order valence-corrected chi connectivity index (χ2v) is 4.62. The maximum Gasteiger partial charge on any atom is 0.346 e. The zero-order valence-electron chi connectivity index (χ0n) is 9.70. The molecule has 0 aliphatic heterocycles. The average Bonchev–Trinajstić information content (AvgIpc) is 2.84. The fraction of sp³-hybridized carbons (Fsp3) is 0.231. The van der Waals surface area contributed by atoms with Crippen molar-refractivity contribution in [2.45, 2.75) is 13.0 Å². The van der Waals surface area contributed by atoms with Crippen molar-refractivity contribution in [1.29, 1.82) is 0 Å². The Kier molecular flexibility index (Phi) is 4.44. The monoisotopic (exact) mass is 263 g/mol. The molecule has 2 aromatic rings. The third-order valence-corrected chi connectivity index (χ3v) is 3.37. The molecule has 0 radical (unpaired) electrons. The third kappa shape index (κ3) is 3.38. The van der Waals surface area contributed by atoms with E-state index in [0.29, 0.717) is 18.1 Å². The van der Waals surface area contributed by atoms with Gasteiger partial charge < -0.3 is 9.84 Å². The summed E-state index contributed by atoms with van der Waals surface area (Å²) < 4.78 is 5.48. The number of carboxylic acid groups (broad SMARTS) is 1. The van der Waals surface area contributed by atoms with Crippen LogP contribution in [0.2, 0.25) is 0 Å². The van der Waals surface area contributed by atoms with Gasteiger partial charge in [0, 0.05) is 23.9 Å². The van der Waals surface area contributed by atoms with Gasteiger partial charge in [-0.2, -0.15) is 0 Å². The molecule has 4 nitrogen and oxygen atoms in total. The Balaban J connectivity index is 1.79. The molecule has 2 rings (SSSR count). The molecule has 1 N–H and O–H groups in total. The quantitative estimate of drug-likeness (QED) is 0.814. The number of rotatable bonds is 6. The summed E-state index contributed by atoms with van der Waals surface area (Å²) in [5, 5.41) is 10.7. The van der Waals surface area contributed by atoms with Crippen LogP contribution in [0.1, 0.15) is 20.9 Å². The van der Waals surface area contributed by atoms with E-state index in [0.717, 1.165) is 17.7 Å². The summed E-state index contributed by atoms with van der Waals surface area (Å²) in [6.07, 6.45) is 2.48. The molecule has 0 bridgehead atoms. The van der Waals surface area contributed by atoms with Crippen LogP contribution in [0.5, 0.6) is 0 Å². The van der Waals surface area contributed by atoms with Gasteiger partial charge in [-0.3, -0.25) is 4.98 Å². The van der Waals surface area contributed by atoms with Gasteiger partial charge in [0.1, 0.15) is 4.88 Å². The molecular formula is C13H13NO3S. The maximum atomic E-state index is 10.9. The van der Waals surface area contributed by atoms with Crippen molar-refractivity contribution in [3.05, 3.63) is 52.0 Å². The minimum Gasteiger partial charge on any atom is -0.477 e. The summed E-state index contributed by atoms with van der Waals surface area (Å²) in [4.78, 5) is 15.4. The van der Waals surface area contributed by atoms with Crippen LogP contribution >= 0.6 is 11.3 Å². The molecule has 0 saturated carbocycles. The number of aromatic carboxylic acids is 1. The third-order valence-electron chi connectivity index (χ3n) is 2.43. The zero-order chi connectivity index (χ0) is 12.8. The second-order valence-electron chi connectivity index (χ2n) is 3.70. The van der Waals surface area contributed by atoms with Gasteiger partial charge in [0.2, 0.25) is 0 Å². The van der Waals surface area contributed by atoms with Gasteiger partial charge in [-0.15, -0.1) is 11.3 Å². The van der Waals surface area contributed by atoms with Crippen molar-refractivity contribution in [3.8, 4) is 0 Å². The van der Waals surface area contributed by atoms with Gasteiger partial charge in [-0.05, 0) is 23.6 Å². The van der Waals surface area contributed by atoms with Gasteiger partial charge in [0.05, 0.1) is 13.2 Å². The van der Waals surface area contributed by atoms with E-state index in [2.05, 4.69) is 4.98 Å². The summed E-state index contributed by atoms with van der Waals surface area (Å²) in [6.45, 7) is 0.865. The number of hydrogen-bond donors (Lipinski definition) is 1. The first kappa shape index (κ1) is 12.7. The minimum atomic E-state index is -0.895. The molecule has 0 aromatic carbocycles. The topological polar surface area (TPSA) is 59.4 Å². The van der Waals surface area contributed by atoms with Gasteiger partial charge >= 0.3 is 5.97 Å². The Labute approximate surface area is 109 Å². The first-order valence-electron chi connectivity index (χ1n) is 5.54. The summed E-state index contributed by atoms with van der Waals surface area (Å²) in [5.74, 6) is -0.895. The summed E-state index contributed by atoms with van der Waals surface area (Å²) in [7, 11) is 0. The normalized spacial score (nSPS) is 10.4. The van der Waals surface area contributed by atoms with E-state index in [4.69, 9.17) is 9.84 Å². The maximum absolute atomic E-state index is 10.9. The lowest BCUT2D eigenvalue weighted by atomic mass is 10.2. The summed E-state index contributed by atoms with van der Waals surface area (Å²) in [5.41, 5.74) is 1.70. The lowest BCUT2D eigenvalue weighted by molar-refractivity contribution is 0.0693. The van der Waals surface area contributed by atoms with E-state index in [9.17, 15) is 4.79 Å². The molecule has 0 atom stereocenters. The van der Waals surface area contributed by atoms with Crippen molar-refractivity contribution >= 4 is 17.3 Å². The SMILES string of the molecule is O=C(O)c1sccc1COCCc1ccccn1. The number of ether oxygens (including phenoxy) is 1. The van der Waals surface area contributed by atoms with Crippen LogP contribution in [0.3, 0.4) is 0 Å². The first-order chi connectivity index (χ1) is 8.77.